The highest BCUT2D eigenvalue weighted by Gasteiger charge is 2.50. The highest BCUT2D eigenvalue weighted by Crippen LogP contribution is 2.31. The van der Waals surface area contributed by atoms with E-state index in [1.54, 1.807) is 7.05 Å². The van der Waals surface area contributed by atoms with E-state index < -0.39 is 15.5 Å². The summed E-state index contributed by atoms with van der Waals surface area (Å²) in [5.74, 6) is 2.36. The summed E-state index contributed by atoms with van der Waals surface area (Å²) in [6.45, 7) is 6.82. The Morgan fingerprint density at radius 1 is 1.14 bits per heavy atom. The fourth-order valence-corrected chi connectivity index (χ4v) is 5.37. The van der Waals surface area contributed by atoms with Crippen molar-refractivity contribution in [2.45, 2.75) is 51.5 Å². The van der Waals surface area contributed by atoms with Gasteiger partial charge in [0.1, 0.15) is 0 Å². The lowest BCUT2D eigenvalue weighted by Gasteiger charge is -2.32. The number of alkyl halides is 3. The minimum Gasteiger partial charge on any atom is -0.356 e. The van der Waals surface area contributed by atoms with Gasteiger partial charge in [-0.2, -0.15) is 17.5 Å². The van der Waals surface area contributed by atoms with Crippen molar-refractivity contribution >= 4 is 40.0 Å². The Bertz CT molecular complexity index is 634. The topological polar surface area (TPSA) is 65.0 Å². The molecule has 2 aliphatic heterocycles. The van der Waals surface area contributed by atoms with Crippen LogP contribution < -0.4 is 5.32 Å². The van der Waals surface area contributed by atoms with Crippen molar-refractivity contribution in [2.75, 3.05) is 39.8 Å². The number of rotatable bonds is 6. The highest BCUT2D eigenvalue weighted by atomic mass is 127. The van der Waals surface area contributed by atoms with Gasteiger partial charge in [0.05, 0.1) is 0 Å². The second-order valence-electron chi connectivity index (χ2n) is 7.79. The van der Waals surface area contributed by atoms with E-state index in [9.17, 15) is 21.6 Å². The molecule has 0 bridgehead atoms. The third-order valence-electron chi connectivity index (χ3n) is 6.21. The van der Waals surface area contributed by atoms with Gasteiger partial charge >= 0.3 is 15.5 Å². The number of hydrogen-bond donors (Lipinski definition) is 1. The molecule has 0 aromatic rings. The molecular weight excluding hydrogens is 520 g/mol. The Morgan fingerprint density at radius 2 is 1.72 bits per heavy atom. The predicted molar refractivity (Wildman–Crippen MR) is 120 cm³/mol. The summed E-state index contributed by atoms with van der Waals surface area (Å²) in [6.07, 6.45) is 4.34. The summed E-state index contributed by atoms with van der Waals surface area (Å²) in [7, 11) is -3.47. The van der Waals surface area contributed by atoms with Gasteiger partial charge in [0.25, 0.3) is 0 Å². The van der Waals surface area contributed by atoms with Crippen LogP contribution in [0.1, 0.15) is 46.0 Å². The van der Waals surface area contributed by atoms with Crippen molar-refractivity contribution in [1.82, 2.24) is 14.5 Å². The van der Waals surface area contributed by atoms with Crippen molar-refractivity contribution in [3.8, 4) is 0 Å². The average Bonchev–Trinajstić information content (AvgIpc) is 3.12. The number of halogens is 4. The van der Waals surface area contributed by atoms with Gasteiger partial charge in [0, 0.05) is 39.8 Å². The molecule has 11 heteroatoms. The van der Waals surface area contributed by atoms with Gasteiger partial charge in [-0.3, -0.25) is 4.99 Å². The molecular formula is C18H34F3IN4O2S. The van der Waals surface area contributed by atoms with E-state index in [2.05, 4.69) is 29.1 Å². The number of likely N-dealkylation sites (tertiary alicyclic amines) is 1. The summed E-state index contributed by atoms with van der Waals surface area (Å²) in [5, 5.41) is 3.35. The van der Waals surface area contributed by atoms with Gasteiger partial charge in [-0.05, 0) is 37.0 Å². The van der Waals surface area contributed by atoms with E-state index >= 15 is 0 Å². The molecule has 0 amide bonds. The first kappa shape index (κ1) is 26.7. The zero-order valence-electron chi connectivity index (χ0n) is 17.4. The van der Waals surface area contributed by atoms with E-state index in [1.807, 2.05) is 0 Å². The first-order chi connectivity index (χ1) is 13.1. The van der Waals surface area contributed by atoms with Crippen LogP contribution in [0.25, 0.3) is 0 Å². The smallest absolute Gasteiger partial charge is 0.356 e. The summed E-state index contributed by atoms with van der Waals surface area (Å²) in [5.41, 5.74) is -5.22. The van der Waals surface area contributed by atoms with Crippen LogP contribution in [-0.4, -0.2) is 68.9 Å². The molecule has 0 aromatic carbocycles. The minimum absolute atomic E-state index is 0. The molecule has 2 heterocycles. The number of guanidine groups is 1. The lowest BCUT2D eigenvalue weighted by Crippen LogP contribution is -2.47. The summed E-state index contributed by atoms with van der Waals surface area (Å²) in [6, 6.07) is 0. The van der Waals surface area contributed by atoms with Gasteiger partial charge in [-0.1, -0.05) is 26.7 Å². The van der Waals surface area contributed by atoms with Gasteiger partial charge < -0.3 is 10.2 Å². The molecule has 2 fully saturated rings. The third-order valence-corrected chi connectivity index (χ3v) is 7.84. The third kappa shape index (κ3) is 6.59. The first-order valence-corrected chi connectivity index (χ1v) is 11.6. The molecule has 0 aromatic heterocycles. The maximum atomic E-state index is 12.7. The molecule has 0 aliphatic carbocycles. The van der Waals surface area contributed by atoms with E-state index in [0.29, 0.717) is 29.6 Å². The molecule has 0 spiro atoms. The van der Waals surface area contributed by atoms with Gasteiger partial charge in [-0.25, -0.2) is 8.42 Å². The average molecular weight is 554 g/mol. The minimum atomic E-state index is -5.22. The van der Waals surface area contributed by atoms with E-state index in [4.69, 9.17) is 0 Å². The maximum absolute atomic E-state index is 12.7. The van der Waals surface area contributed by atoms with Gasteiger partial charge in [-0.15, -0.1) is 24.0 Å². The fourth-order valence-electron chi connectivity index (χ4n) is 4.39. The van der Waals surface area contributed by atoms with Crippen LogP contribution >= 0.6 is 24.0 Å². The quantitative estimate of drug-likeness (QED) is 0.310. The van der Waals surface area contributed by atoms with Crippen LogP contribution in [0.15, 0.2) is 4.99 Å². The van der Waals surface area contributed by atoms with Crippen LogP contribution in [0, 0.1) is 17.8 Å². The zero-order chi connectivity index (χ0) is 20.9. The maximum Gasteiger partial charge on any atom is 0.511 e. The Labute approximate surface area is 189 Å². The van der Waals surface area contributed by atoms with Crippen LogP contribution in [0.3, 0.4) is 0 Å². The first-order valence-electron chi connectivity index (χ1n) is 10.2. The van der Waals surface area contributed by atoms with E-state index in [0.717, 1.165) is 31.4 Å². The molecule has 1 unspecified atom stereocenters. The molecule has 0 radical (unpaired) electrons. The van der Waals surface area contributed by atoms with Crippen molar-refractivity contribution in [2.24, 2.45) is 22.7 Å². The normalized spacial score (nSPS) is 22.8. The Balaban J connectivity index is 0.00000420. The Kier molecular flexibility index (Phi) is 10.5. The van der Waals surface area contributed by atoms with Crippen molar-refractivity contribution in [3.05, 3.63) is 0 Å². The molecule has 29 heavy (non-hydrogen) atoms. The second-order valence-corrected chi connectivity index (χ2v) is 9.72. The van der Waals surface area contributed by atoms with Crippen LogP contribution in [0.4, 0.5) is 13.2 Å². The van der Waals surface area contributed by atoms with Gasteiger partial charge in [0.15, 0.2) is 5.96 Å². The summed E-state index contributed by atoms with van der Waals surface area (Å²) < 4.78 is 61.5. The van der Waals surface area contributed by atoms with Crippen LogP contribution in [0.5, 0.6) is 0 Å². The van der Waals surface area contributed by atoms with Crippen molar-refractivity contribution < 1.29 is 21.6 Å². The zero-order valence-corrected chi connectivity index (χ0v) is 20.6. The summed E-state index contributed by atoms with van der Waals surface area (Å²) >= 11 is 0. The lowest BCUT2D eigenvalue weighted by atomic mass is 9.87. The molecule has 1 atom stereocenters. The predicted octanol–water partition coefficient (Wildman–Crippen LogP) is 3.50. The molecule has 2 saturated heterocycles. The monoisotopic (exact) mass is 554 g/mol. The highest BCUT2D eigenvalue weighted by molar-refractivity contribution is 14.0. The van der Waals surface area contributed by atoms with Crippen LogP contribution in [-0.2, 0) is 10.0 Å². The number of piperidine rings is 1. The van der Waals surface area contributed by atoms with Gasteiger partial charge in [0.2, 0.25) is 0 Å². The fraction of sp³-hybridized carbons (Fsp3) is 0.944. The second kappa shape index (κ2) is 11.4. The summed E-state index contributed by atoms with van der Waals surface area (Å²) in [4.78, 5) is 6.62. The largest absolute Gasteiger partial charge is 0.511 e. The van der Waals surface area contributed by atoms with E-state index in [-0.39, 0.29) is 43.0 Å². The Morgan fingerprint density at radius 3 is 2.21 bits per heavy atom. The molecule has 1 N–H and O–H groups in total. The lowest BCUT2D eigenvalue weighted by molar-refractivity contribution is -0.0496. The van der Waals surface area contributed by atoms with E-state index in [1.165, 1.54) is 12.8 Å². The number of nitrogens with one attached hydrogen (secondary N) is 1. The Hall–Kier alpha value is -0.300. The standard InChI is InChI=1S/C18H33F3N4O2S.HI/c1-4-15(5-2)16-8-9-24(13-16)17(22-3)23-12-14-6-10-25(11-7-14)28(26,27)18(19,20)21;/h14-16H,4-13H2,1-3H3,(H,22,23);1H. The van der Waals surface area contributed by atoms with Crippen molar-refractivity contribution in [3.63, 3.8) is 0 Å². The van der Waals surface area contributed by atoms with Crippen molar-refractivity contribution in [1.29, 1.82) is 0 Å². The number of hydrogen-bond acceptors (Lipinski definition) is 3. The number of sulfonamides is 1. The molecule has 2 aliphatic rings. The number of aliphatic imine (C=N–C) groups is 1. The molecule has 2 rings (SSSR count). The van der Waals surface area contributed by atoms with Crippen LogP contribution in [0.2, 0.25) is 0 Å². The SMILES string of the molecule is CCC(CC)C1CCN(C(=NC)NCC2CCN(S(=O)(=O)C(F)(F)F)CC2)C1.I. The molecule has 172 valence electrons. The molecule has 6 nitrogen and oxygen atoms in total. The molecule has 0 saturated carbocycles. The number of nitrogens with zero attached hydrogens (tertiary/aromatic N) is 3.